The highest BCUT2D eigenvalue weighted by Crippen LogP contribution is 2.21. The summed E-state index contributed by atoms with van der Waals surface area (Å²) >= 11 is 5.08. The Kier molecular flexibility index (Phi) is 3.61. The summed E-state index contributed by atoms with van der Waals surface area (Å²) in [6.45, 7) is 2.61. The Balaban J connectivity index is 2.04. The molecule has 0 bridgehead atoms. The molecule has 1 nitrogen and oxygen atoms in total. The maximum Gasteiger partial charge on any atom is 0.125 e. The molecule has 0 amide bonds. The minimum Gasteiger partial charge on any atom is -0.380 e. The van der Waals surface area contributed by atoms with E-state index in [-0.39, 0.29) is 5.82 Å². The van der Waals surface area contributed by atoms with Crippen LogP contribution in [0.3, 0.4) is 0 Å². The van der Waals surface area contributed by atoms with E-state index in [1.807, 2.05) is 18.4 Å². The van der Waals surface area contributed by atoms with Crippen LogP contribution in [0.1, 0.15) is 10.4 Å². The molecule has 4 heteroatoms. The summed E-state index contributed by atoms with van der Waals surface area (Å²) in [6, 6.07) is 7.03. The SMILES string of the molecule is Cc1cc(F)cc(NCc2cc(Br)cs2)c1. The lowest BCUT2D eigenvalue weighted by atomic mass is 10.2. The molecule has 0 spiro atoms. The Morgan fingerprint density at radius 1 is 1.31 bits per heavy atom. The summed E-state index contributed by atoms with van der Waals surface area (Å²) in [5.74, 6) is -0.199. The van der Waals surface area contributed by atoms with E-state index in [0.29, 0.717) is 0 Å². The first-order valence-electron chi connectivity index (χ1n) is 4.87. The topological polar surface area (TPSA) is 12.0 Å². The highest BCUT2D eigenvalue weighted by molar-refractivity contribution is 9.10. The van der Waals surface area contributed by atoms with Crippen LogP contribution in [0.5, 0.6) is 0 Å². The molecule has 0 saturated heterocycles. The molecule has 0 aliphatic carbocycles. The molecule has 0 aliphatic rings. The van der Waals surface area contributed by atoms with Crippen molar-refractivity contribution in [3.63, 3.8) is 0 Å². The molecular formula is C12H11BrFNS. The number of halogens is 2. The van der Waals surface area contributed by atoms with Gasteiger partial charge in [-0.05, 0) is 52.7 Å². The van der Waals surface area contributed by atoms with Crippen molar-refractivity contribution in [1.29, 1.82) is 0 Å². The normalized spacial score (nSPS) is 10.4. The third-order valence-electron chi connectivity index (χ3n) is 2.13. The van der Waals surface area contributed by atoms with E-state index >= 15 is 0 Å². The molecule has 1 N–H and O–H groups in total. The number of benzene rings is 1. The van der Waals surface area contributed by atoms with E-state index in [4.69, 9.17) is 0 Å². The van der Waals surface area contributed by atoms with Gasteiger partial charge in [0.15, 0.2) is 0 Å². The van der Waals surface area contributed by atoms with Crippen LogP contribution in [0, 0.1) is 12.7 Å². The second kappa shape index (κ2) is 4.97. The number of rotatable bonds is 3. The summed E-state index contributed by atoms with van der Waals surface area (Å²) in [6.07, 6.45) is 0. The Morgan fingerprint density at radius 3 is 2.75 bits per heavy atom. The van der Waals surface area contributed by atoms with Crippen molar-refractivity contribution in [2.75, 3.05) is 5.32 Å². The van der Waals surface area contributed by atoms with E-state index in [9.17, 15) is 4.39 Å². The quantitative estimate of drug-likeness (QED) is 0.875. The molecule has 84 valence electrons. The van der Waals surface area contributed by atoms with Gasteiger partial charge in [-0.2, -0.15) is 0 Å². The predicted octanol–water partition coefficient (Wildman–Crippen LogP) is 4.57. The van der Waals surface area contributed by atoms with Crippen molar-refractivity contribution in [3.8, 4) is 0 Å². The zero-order chi connectivity index (χ0) is 11.5. The fraction of sp³-hybridized carbons (Fsp3) is 0.167. The highest BCUT2D eigenvalue weighted by atomic mass is 79.9. The first-order chi connectivity index (χ1) is 7.63. The number of thiophene rings is 1. The van der Waals surface area contributed by atoms with Crippen LogP contribution in [0.2, 0.25) is 0 Å². The van der Waals surface area contributed by atoms with Crippen molar-refractivity contribution in [2.45, 2.75) is 13.5 Å². The van der Waals surface area contributed by atoms with Gasteiger partial charge in [-0.3, -0.25) is 0 Å². The Labute approximate surface area is 106 Å². The highest BCUT2D eigenvalue weighted by Gasteiger charge is 2.00. The van der Waals surface area contributed by atoms with Crippen LogP contribution in [0.15, 0.2) is 34.1 Å². The molecule has 1 aromatic carbocycles. The van der Waals surface area contributed by atoms with Crippen LogP contribution >= 0.6 is 27.3 Å². The molecular weight excluding hydrogens is 289 g/mol. The monoisotopic (exact) mass is 299 g/mol. The lowest BCUT2D eigenvalue weighted by Crippen LogP contribution is -1.98. The van der Waals surface area contributed by atoms with Crippen molar-refractivity contribution in [2.24, 2.45) is 0 Å². The molecule has 0 unspecified atom stereocenters. The van der Waals surface area contributed by atoms with Crippen LogP contribution in [0.25, 0.3) is 0 Å². The Bertz CT molecular complexity index is 475. The minimum absolute atomic E-state index is 0.199. The summed E-state index contributed by atoms with van der Waals surface area (Å²) in [5.41, 5.74) is 1.75. The zero-order valence-electron chi connectivity index (χ0n) is 8.76. The van der Waals surface area contributed by atoms with Gasteiger partial charge in [-0.1, -0.05) is 0 Å². The lowest BCUT2D eigenvalue weighted by molar-refractivity contribution is 0.627. The number of aryl methyl sites for hydroxylation is 1. The third kappa shape index (κ3) is 3.06. The number of nitrogens with one attached hydrogen (secondary N) is 1. The van der Waals surface area contributed by atoms with Gasteiger partial charge in [-0.15, -0.1) is 11.3 Å². The van der Waals surface area contributed by atoms with E-state index in [1.165, 1.54) is 17.0 Å². The zero-order valence-corrected chi connectivity index (χ0v) is 11.2. The number of hydrogen-bond acceptors (Lipinski definition) is 2. The predicted molar refractivity (Wildman–Crippen MR) is 70.5 cm³/mol. The number of hydrogen-bond donors (Lipinski definition) is 1. The Morgan fingerprint density at radius 2 is 2.12 bits per heavy atom. The smallest absolute Gasteiger partial charge is 0.125 e. The van der Waals surface area contributed by atoms with Crippen LogP contribution in [-0.4, -0.2) is 0 Å². The van der Waals surface area contributed by atoms with Gasteiger partial charge in [0.05, 0.1) is 0 Å². The van der Waals surface area contributed by atoms with Gasteiger partial charge >= 0.3 is 0 Å². The van der Waals surface area contributed by atoms with Crippen LogP contribution in [0.4, 0.5) is 10.1 Å². The first kappa shape index (κ1) is 11.6. The fourth-order valence-electron chi connectivity index (χ4n) is 1.47. The van der Waals surface area contributed by atoms with Gasteiger partial charge < -0.3 is 5.32 Å². The van der Waals surface area contributed by atoms with Gasteiger partial charge in [-0.25, -0.2) is 4.39 Å². The molecule has 0 fully saturated rings. The van der Waals surface area contributed by atoms with Gasteiger partial charge in [0.1, 0.15) is 5.82 Å². The summed E-state index contributed by atoms with van der Waals surface area (Å²) in [5, 5.41) is 5.24. The fourth-order valence-corrected chi connectivity index (χ4v) is 2.86. The average Bonchev–Trinajstić information content (AvgIpc) is 2.60. The van der Waals surface area contributed by atoms with Crippen LogP contribution < -0.4 is 5.32 Å². The first-order valence-corrected chi connectivity index (χ1v) is 6.55. The molecule has 2 rings (SSSR count). The van der Waals surface area contributed by atoms with E-state index in [2.05, 4.69) is 27.3 Å². The molecule has 0 saturated carbocycles. The third-order valence-corrected chi connectivity index (χ3v) is 3.83. The molecule has 0 aliphatic heterocycles. The molecule has 2 aromatic rings. The van der Waals surface area contributed by atoms with E-state index < -0.39 is 0 Å². The molecule has 16 heavy (non-hydrogen) atoms. The average molecular weight is 300 g/mol. The van der Waals surface area contributed by atoms with E-state index in [0.717, 1.165) is 22.3 Å². The second-order valence-electron chi connectivity index (χ2n) is 3.60. The summed E-state index contributed by atoms with van der Waals surface area (Å²) in [7, 11) is 0. The molecule has 1 heterocycles. The maximum atomic E-state index is 13.1. The number of anilines is 1. The molecule has 0 atom stereocenters. The van der Waals surface area contributed by atoms with Crippen molar-refractivity contribution in [3.05, 3.63) is 50.4 Å². The van der Waals surface area contributed by atoms with Crippen molar-refractivity contribution in [1.82, 2.24) is 0 Å². The largest absolute Gasteiger partial charge is 0.380 e. The lowest BCUT2D eigenvalue weighted by Gasteiger charge is -2.06. The van der Waals surface area contributed by atoms with Crippen LogP contribution in [-0.2, 0) is 6.54 Å². The van der Waals surface area contributed by atoms with Gasteiger partial charge in [0.2, 0.25) is 0 Å². The van der Waals surface area contributed by atoms with E-state index in [1.54, 1.807) is 11.3 Å². The summed E-state index contributed by atoms with van der Waals surface area (Å²) < 4.78 is 14.2. The van der Waals surface area contributed by atoms with Crippen molar-refractivity contribution < 1.29 is 4.39 Å². The van der Waals surface area contributed by atoms with Gasteiger partial charge in [0.25, 0.3) is 0 Å². The van der Waals surface area contributed by atoms with Gasteiger partial charge in [0, 0.05) is 27.0 Å². The molecule has 0 radical (unpaired) electrons. The van der Waals surface area contributed by atoms with Crippen molar-refractivity contribution >= 4 is 33.0 Å². The standard InChI is InChI=1S/C12H11BrFNS/c1-8-2-10(14)5-11(3-8)15-6-12-4-9(13)7-16-12/h2-5,7,15H,6H2,1H3. The maximum absolute atomic E-state index is 13.1. The second-order valence-corrected chi connectivity index (χ2v) is 5.51. The summed E-state index contributed by atoms with van der Waals surface area (Å²) in [4.78, 5) is 1.22. The minimum atomic E-state index is -0.199. The molecule has 1 aromatic heterocycles. The Hall–Kier alpha value is -0.870.